The molecule has 0 saturated carbocycles. The van der Waals surface area contributed by atoms with E-state index in [1.807, 2.05) is 19.2 Å². The normalized spacial score (nSPS) is 14.9. The first kappa shape index (κ1) is 13.8. The van der Waals surface area contributed by atoms with Crippen molar-refractivity contribution >= 4 is 5.96 Å². The summed E-state index contributed by atoms with van der Waals surface area (Å²) in [4.78, 5) is 8.71. The van der Waals surface area contributed by atoms with Crippen LogP contribution in [0.3, 0.4) is 0 Å². The molecule has 0 bridgehead atoms. The highest BCUT2D eigenvalue weighted by Gasteiger charge is 2.11. The number of guanidine groups is 1. The summed E-state index contributed by atoms with van der Waals surface area (Å²) in [5, 5.41) is 3.33. The zero-order valence-electron chi connectivity index (χ0n) is 11.6. The van der Waals surface area contributed by atoms with Gasteiger partial charge in [-0.2, -0.15) is 0 Å². The average Bonchev–Trinajstić information content (AvgIpc) is 2.78. The Hall–Kier alpha value is -1.62. The van der Waals surface area contributed by atoms with Gasteiger partial charge < -0.3 is 15.1 Å². The van der Waals surface area contributed by atoms with Crippen LogP contribution < -0.4 is 5.32 Å². The van der Waals surface area contributed by atoms with Crippen molar-refractivity contribution in [2.45, 2.75) is 6.54 Å². The van der Waals surface area contributed by atoms with Gasteiger partial charge in [-0.1, -0.05) is 12.1 Å². The molecule has 1 aliphatic heterocycles. The maximum atomic E-state index is 12.8. The molecule has 1 N–H and O–H groups in total. The Kier molecular flexibility index (Phi) is 4.74. The van der Waals surface area contributed by atoms with E-state index in [0.717, 1.165) is 44.2 Å². The van der Waals surface area contributed by atoms with Crippen molar-refractivity contribution in [1.82, 2.24) is 15.1 Å². The maximum Gasteiger partial charge on any atom is 0.193 e. The minimum atomic E-state index is -0.185. The van der Waals surface area contributed by atoms with Crippen LogP contribution in [0.4, 0.5) is 4.39 Å². The number of nitrogens with zero attached hydrogens (tertiary/aromatic N) is 3. The minimum absolute atomic E-state index is 0.185. The first-order chi connectivity index (χ1) is 9.15. The van der Waals surface area contributed by atoms with E-state index in [0.29, 0.717) is 0 Å². The fraction of sp³-hybridized carbons (Fsp3) is 0.500. The average molecular weight is 264 g/mol. The second-order valence-electron chi connectivity index (χ2n) is 4.92. The molecule has 5 heteroatoms. The van der Waals surface area contributed by atoms with Crippen LogP contribution >= 0.6 is 0 Å². The molecule has 0 unspecified atom stereocenters. The Labute approximate surface area is 113 Å². The summed E-state index contributed by atoms with van der Waals surface area (Å²) >= 11 is 0. The van der Waals surface area contributed by atoms with Gasteiger partial charge in [0.25, 0.3) is 0 Å². The predicted molar refractivity (Wildman–Crippen MR) is 75.7 cm³/mol. The Morgan fingerprint density at radius 2 is 2.11 bits per heavy atom. The van der Waals surface area contributed by atoms with Crippen LogP contribution in [-0.4, -0.2) is 56.0 Å². The third-order valence-corrected chi connectivity index (χ3v) is 3.20. The second kappa shape index (κ2) is 6.52. The number of hydrogen-bond donors (Lipinski definition) is 1. The van der Waals surface area contributed by atoms with E-state index in [4.69, 9.17) is 0 Å². The van der Waals surface area contributed by atoms with Gasteiger partial charge in [0.15, 0.2) is 5.96 Å². The Bertz CT molecular complexity index is 430. The van der Waals surface area contributed by atoms with E-state index in [9.17, 15) is 4.39 Å². The van der Waals surface area contributed by atoms with Gasteiger partial charge in [0.05, 0.1) is 6.54 Å². The van der Waals surface area contributed by atoms with Crippen molar-refractivity contribution in [3.8, 4) is 0 Å². The highest BCUT2D eigenvalue weighted by atomic mass is 19.1. The van der Waals surface area contributed by atoms with Crippen molar-refractivity contribution < 1.29 is 4.39 Å². The number of nitrogens with one attached hydrogen (secondary N) is 1. The first-order valence-electron chi connectivity index (χ1n) is 6.57. The lowest BCUT2D eigenvalue weighted by Crippen LogP contribution is -2.39. The minimum Gasteiger partial charge on any atom is -0.355 e. The first-order valence-corrected chi connectivity index (χ1v) is 6.57. The largest absolute Gasteiger partial charge is 0.355 e. The van der Waals surface area contributed by atoms with Crippen molar-refractivity contribution in [3.05, 3.63) is 35.6 Å². The van der Waals surface area contributed by atoms with Gasteiger partial charge in [0, 0.05) is 33.2 Å². The number of benzene rings is 1. The molecule has 0 aromatic heterocycles. The molecule has 0 saturated heterocycles. The van der Waals surface area contributed by atoms with Crippen LogP contribution in [0.1, 0.15) is 5.56 Å². The summed E-state index contributed by atoms with van der Waals surface area (Å²) < 4.78 is 12.8. The zero-order valence-corrected chi connectivity index (χ0v) is 11.6. The summed E-state index contributed by atoms with van der Waals surface area (Å²) in [7, 11) is 4.10. The van der Waals surface area contributed by atoms with E-state index in [1.165, 1.54) is 12.1 Å². The summed E-state index contributed by atoms with van der Waals surface area (Å²) in [6.45, 7) is 4.48. The van der Waals surface area contributed by atoms with Gasteiger partial charge >= 0.3 is 0 Å². The third-order valence-electron chi connectivity index (χ3n) is 3.20. The van der Waals surface area contributed by atoms with E-state index in [1.54, 1.807) is 0 Å². The number of halogens is 1. The third kappa shape index (κ3) is 4.21. The highest BCUT2D eigenvalue weighted by molar-refractivity contribution is 5.81. The summed E-state index contributed by atoms with van der Waals surface area (Å²) in [6.07, 6.45) is 0. The van der Waals surface area contributed by atoms with Gasteiger partial charge in [-0.3, -0.25) is 4.99 Å². The molecule has 1 aromatic rings. The van der Waals surface area contributed by atoms with Crippen LogP contribution in [-0.2, 0) is 6.54 Å². The molecule has 1 heterocycles. The monoisotopic (exact) mass is 264 g/mol. The fourth-order valence-corrected chi connectivity index (χ4v) is 2.06. The van der Waals surface area contributed by atoms with Gasteiger partial charge in [0.2, 0.25) is 0 Å². The molecule has 2 rings (SSSR count). The zero-order chi connectivity index (χ0) is 13.7. The lowest BCUT2D eigenvalue weighted by molar-refractivity contribution is 0.329. The number of rotatable bonds is 5. The Morgan fingerprint density at radius 3 is 2.74 bits per heavy atom. The SMILES string of the molecule is CN(CCNC1=NCCN1C)Cc1ccc(F)cc1. The van der Waals surface area contributed by atoms with Crippen LogP contribution in [0.15, 0.2) is 29.3 Å². The molecule has 104 valence electrons. The predicted octanol–water partition coefficient (Wildman–Crippen LogP) is 1.15. The van der Waals surface area contributed by atoms with Crippen LogP contribution in [0.5, 0.6) is 0 Å². The molecule has 4 nitrogen and oxygen atoms in total. The van der Waals surface area contributed by atoms with Gasteiger partial charge in [0.1, 0.15) is 5.82 Å². The smallest absolute Gasteiger partial charge is 0.193 e. The Balaban J connectivity index is 1.70. The standard InChI is InChI=1S/C14H21FN4/c1-18(11-12-3-5-13(15)6-4-12)9-7-16-14-17-8-10-19(14)2/h3-6H,7-11H2,1-2H3,(H,16,17). The fourth-order valence-electron chi connectivity index (χ4n) is 2.06. The molecule has 1 aromatic carbocycles. The summed E-state index contributed by atoms with van der Waals surface area (Å²) in [5.41, 5.74) is 1.12. The molecule has 0 amide bonds. The quantitative estimate of drug-likeness (QED) is 0.865. The van der Waals surface area contributed by atoms with Crippen molar-refractivity contribution in [3.63, 3.8) is 0 Å². The topological polar surface area (TPSA) is 30.9 Å². The molecule has 0 aliphatic carbocycles. The molecular weight excluding hydrogens is 243 g/mol. The number of hydrogen-bond acceptors (Lipinski definition) is 4. The summed E-state index contributed by atoms with van der Waals surface area (Å²) in [6, 6.07) is 6.66. The van der Waals surface area contributed by atoms with E-state index in [2.05, 4.69) is 27.2 Å². The van der Waals surface area contributed by atoms with Crippen LogP contribution in [0.2, 0.25) is 0 Å². The lowest BCUT2D eigenvalue weighted by Gasteiger charge is -2.19. The number of aliphatic imine (C=N–C) groups is 1. The molecule has 0 radical (unpaired) electrons. The Morgan fingerprint density at radius 1 is 1.37 bits per heavy atom. The molecule has 1 aliphatic rings. The van der Waals surface area contributed by atoms with E-state index >= 15 is 0 Å². The second-order valence-corrected chi connectivity index (χ2v) is 4.92. The van der Waals surface area contributed by atoms with Gasteiger partial charge in [-0.05, 0) is 24.7 Å². The lowest BCUT2D eigenvalue weighted by atomic mass is 10.2. The number of likely N-dealkylation sites (N-methyl/N-ethyl adjacent to an activating group) is 2. The van der Waals surface area contributed by atoms with E-state index in [-0.39, 0.29) is 5.82 Å². The van der Waals surface area contributed by atoms with Crippen molar-refractivity contribution in [1.29, 1.82) is 0 Å². The van der Waals surface area contributed by atoms with E-state index < -0.39 is 0 Å². The molecule has 0 atom stereocenters. The van der Waals surface area contributed by atoms with Gasteiger partial charge in [-0.25, -0.2) is 4.39 Å². The molecule has 0 spiro atoms. The maximum absolute atomic E-state index is 12.8. The van der Waals surface area contributed by atoms with Gasteiger partial charge in [-0.15, -0.1) is 0 Å². The summed E-state index contributed by atoms with van der Waals surface area (Å²) in [5.74, 6) is 0.797. The molecule has 19 heavy (non-hydrogen) atoms. The van der Waals surface area contributed by atoms with Crippen molar-refractivity contribution in [2.24, 2.45) is 4.99 Å². The van der Waals surface area contributed by atoms with Crippen molar-refractivity contribution in [2.75, 3.05) is 40.3 Å². The van der Waals surface area contributed by atoms with Crippen LogP contribution in [0.25, 0.3) is 0 Å². The van der Waals surface area contributed by atoms with Crippen LogP contribution in [0, 0.1) is 5.82 Å². The highest BCUT2D eigenvalue weighted by Crippen LogP contribution is 2.05. The molecule has 0 fully saturated rings. The molecular formula is C14H21FN4.